The van der Waals surface area contributed by atoms with Gasteiger partial charge in [0.05, 0.1) is 13.2 Å². The van der Waals surface area contributed by atoms with Crippen LogP contribution in [0.3, 0.4) is 0 Å². The molecule has 0 saturated heterocycles. The summed E-state index contributed by atoms with van der Waals surface area (Å²) in [5, 5.41) is 28.3. The molecule has 0 saturated carbocycles. The lowest BCUT2D eigenvalue weighted by Crippen LogP contribution is -2.43. The molecule has 1 atom stereocenters. The zero-order chi connectivity index (χ0) is 14.0. The Labute approximate surface area is 103 Å². The number of carboxylic acids is 1. The first kappa shape index (κ1) is 16.1. The summed E-state index contributed by atoms with van der Waals surface area (Å²) in [7, 11) is 0. The van der Waals surface area contributed by atoms with Crippen LogP contribution in [0.2, 0.25) is 0 Å². The predicted molar refractivity (Wildman–Crippen MR) is 58.1 cm³/mol. The minimum absolute atomic E-state index is 0.0248. The number of rotatable bonds is 10. The van der Waals surface area contributed by atoms with Gasteiger partial charge in [0.25, 0.3) is 5.09 Å². The molecule has 0 radical (unpaired) electrons. The van der Waals surface area contributed by atoms with E-state index in [9.17, 15) is 19.7 Å². The maximum atomic E-state index is 11.2. The largest absolute Gasteiger partial charge is 0.480 e. The summed E-state index contributed by atoms with van der Waals surface area (Å²) in [4.78, 5) is 35.6. The van der Waals surface area contributed by atoms with Crippen molar-refractivity contribution in [2.75, 3.05) is 13.2 Å². The molecule has 0 fully saturated rings. The smallest absolute Gasteiger partial charge is 0.328 e. The molecule has 0 aromatic carbocycles. The highest BCUT2D eigenvalue weighted by molar-refractivity contribution is 5.83. The summed E-state index contributed by atoms with van der Waals surface area (Å²) in [6.45, 7) is -0.694. The normalized spacial score (nSPS) is 11.6. The lowest BCUT2D eigenvalue weighted by molar-refractivity contribution is -0.757. The number of nitrogens with one attached hydrogen (secondary N) is 1. The average molecular weight is 264 g/mol. The number of carbonyl (C=O) groups is 2. The third kappa shape index (κ3) is 8.28. The van der Waals surface area contributed by atoms with E-state index in [4.69, 9.17) is 10.2 Å². The third-order valence-electron chi connectivity index (χ3n) is 2.06. The number of carboxylic acid groups (broad SMARTS) is 1. The van der Waals surface area contributed by atoms with Gasteiger partial charge in [-0.2, -0.15) is 0 Å². The molecular weight excluding hydrogens is 248 g/mol. The quantitative estimate of drug-likeness (QED) is 0.270. The molecule has 0 spiro atoms. The minimum atomic E-state index is -1.30. The maximum absolute atomic E-state index is 11.2. The van der Waals surface area contributed by atoms with Gasteiger partial charge in [0.2, 0.25) is 5.91 Å². The van der Waals surface area contributed by atoms with Crippen LogP contribution in [-0.4, -0.2) is 46.4 Å². The Morgan fingerprint density at radius 2 is 2.00 bits per heavy atom. The van der Waals surface area contributed by atoms with Gasteiger partial charge in [-0.3, -0.25) is 4.79 Å². The van der Waals surface area contributed by atoms with Gasteiger partial charge in [-0.05, 0) is 12.8 Å². The molecule has 0 rings (SSSR count). The molecule has 0 aliphatic rings. The van der Waals surface area contributed by atoms with Crippen LogP contribution in [0.15, 0.2) is 0 Å². The van der Waals surface area contributed by atoms with Crippen molar-refractivity contribution in [3.05, 3.63) is 10.1 Å². The van der Waals surface area contributed by atoms with Crippen LogP contribution in [0.1, 0.15) is 25.7 Å². The van der Waals surface area contributed by atoms with E-state index >= 15 is 0 Å². The first-order valence-corrected chi connectivity index (χ1v) is 5.37. The molecule has 0 aliphatic heterocycles. The first-order chi connectivity index (χ1) is 8.47. The monoisotopic (exact) mass is 264 g/mol. The standard InChI is InChI=1S/C9H16N2O7/c12-6-7(9(14)15)10-8(13)4-2-1-3-5-18-11(16)17/h7,12H,1-6H2,(H,10,13)(H,14,15). The molecule has 0 bridgehead atoms. The van der Waals surface area contributed by atoms with Gasteiger partial charge in [0, 0.05) is 6.42 Å². The van der Waals surface area contributed by atoms with Crippen molar-refractivity contribution in [2.24, 2.45) is 0 Å². The zero-order valence-corrected chi connectivity index (χ0v) is 9.70. The molecule has 9 nitrogen and oxygen atoms in total. The Morgan fingerprint density at radius 1 is 1.33 bits per heavy atom. The number of hydrogen-bond acceptors (Lipinski definition) is 6. The highest BCUT2D eigenvalue weighted by Gasteiger charge is 2.17. The zero-order valence-electron chi connectivity index (χ0n) is 9.70. The minimum Gasteiger partial charge on any atom is -0.480 e. The van der Waals surface area contributed by atoms with Crippen LogP contribution >= 0.6 is 0 Å². The molecular formula is C9H16N2O7. The van der Waals surface area contributed by atoms with E-state index in [2.05, 4.69) is 10.2 Å². The van der Waals surface area contributed by atoms with Crippen molar-refractivity contribution >= 4 is 11.9 Å². The molecule has 0 aromatic rings. The van der Waals surface area contributed by atoms with Gasteiger partial charge >= 0.3 is 5.97 Å². The van der Waals surface area contributed by atoms with Gasteiger partial charge in [-0.25, -0.2) is 4.79 Å². The van der Waals surface area contributed by atoms with Gasteiger partial charge < -0.3 is 20.4 Å². The van der Waals surface area contributed by atoms with Crippen LogP contribution in [0.5, 0.6) is 0 Å². The number of hydrogen-bond donors (Lipinski definition) is 3. The van der Waals surface area contributed by atoms with E-state index in [1.165, 1.54) is 0 Å². The molecule has 0 aromatic heterocycles. The Morgan fingerprint density at radius 3 is 2.50 bits per heavy atom. The van der Waals surface area contributed by atoms with Crippen LogP contribution in [0.4, 0.5) is 0 Å². The molecule has 0 aliphatic carbocycles. The fourth-order valence-electron chi connectivity index (χ4n) is 1.16. The Bertz CT molecular complexity index is 295. The van der Waals surface area contributed by atoms with Crippen molar-refractivity contribution in [1.82, 2.24) is 5.32 Å². The van der Waals surface area contributed by atoms with Crippen molar-refractivity contribution in [2.45, 2.75) is 31.7 Å². The predicted octanol–water partition coefficient (Wildman–Crippen LogP) is -0.683. The number of unbranched alkanes of at least 4 members (excludes halogenated alkanes) is 2. The number of nitrogens with zero attached hydrogens (tertiary/aromatic N) is 1. The summed E-state index contributed by atoms with van der Waals surface area (Å²) in [6, 6.07) is -1.30. The van der Waals surface area contributed by atoms with E-state index < -0.39 is 29.6 Å². The Balaban J connectivity index is 3.59. The van der Waals surface area contributed by atoms with Crippen molar-refractivity contribution in [1.29, 1.82) is 0 Å². The van der Waals surface area contributed by atoms with Crippen molar-refractivity contribution < 1.29 is 29.7 Å². The molecule has 104 valence electrons. The fraction of sp³-hybridized carbons (Fsp3) is 0.778. The average Bonchev–Trinajstić information content (AvgIpc) is 2.29. The lowest BCUT2D eigenvalue weighted by Gasteiger charge is -2.11. The van der Waals surface area contributed by atoms with Crippen molar-refractivity contribution in [3.8, 4) is 0 Å². The number of aliphatic hydroxyl groups excluding tert-OH is 1. The number of amides is 1. The van der Waals surface area contributed by atoms with E-state index in [0.717, 1.165) is 0 Å². The van der Waals surface area contributed by atoms with E-state index in [-0.39, 0.29) is 13.0 Å². The van der Waals surface area contributed by atoms with E-state index in [1.807, 2.05) is 0 Å². The topological polar surface area (TPSA) is 139 Å². The van der Waals surface area contributed by atoms with Gasteiger partial charge in [-0.15, -0.1) is 10.1 Å². The second-order valence-corrected chi connectivity index (χ2v) is 3.51. The molecule has 0 heterocycles. The van der Waals surface area contributed by atoms with Gasteiger partial charge in [-0.1, -0.05) is 6.42 Å². The number of aliphatic carboxylic acids is 1. The first-order valence-electron chi connectivity index (χ1n) is 5.37. The molecule has 3 N–H and O–H groups in total. The molecule has 18 heavy (non-hydrogen) atoms. The van der Waals surface area contributed by atoms with E-state index in [1.54, 1.807) is 0 Å². The van der Waals surface area contributed by atoms with Crippen LogP contribution in [0, 0.1) is 10.1 Å². The summed E-state index contributed by atoms with van der Waals surface area (Å²) in [5.74, 6) is -1.78. The SMILES string of the molecule is O=C(CCCCCO[N+](=O)[O-])NC(CO)C(=O)O. The number of aliphatic hydroxyl groups is 1. The second kappa shape index (κ2) is 9.16. The fourth-order valence-corrected chi connectivity index (χ4v) is 1.16. The maximum Gasteiger partial charge on any atom is 0.328 e. The molecule has 1 unspecified atom stereocenters. The molecule has 9 heteroatoms. The summed E-state index contributed by atoms with van der Waals surface area (Å²) >= 11 is 0. The van der Waals surface area contributed by atoms with Crippen LogP contribution in [-0.2, 0) is 14.4 Å². The number of carbonyl (C=O) groups excluding carboxylic acids is 1. The second-order valence-electron chi connectivity index (χ2n) is 3.51. The summed E-state index contributed by atoms with van der Waals surface area (Å²) in [5.41, 5.74) is 0. The van der Waals surface area contributed by atoms with Gasteiger partial charge in [0.15, 0.2) is 0 Å². The highest BCUT2D eigenvalue weighted by atomic mass is 16.9. The Hall–Kier alpha value is -1.90. The third-order valence-corrected chi connectivity index (χ3v) is 2.06. The molecule has 1 amide bonds. The van der Waals surface area contributed by atoms with E-state index in [0.29, 0.717) is 19.3 Å². The van der Waals surface area contributed by atoms with Crippen LogP contribution in [0.25, 0.3) is 0 Å². The van der Waals surface area contributed by atoms with Crippen LogP contribution < -0.4 is 5.32 Å². The summed E-state index contributed by atoms with van der Waals surface area (Å²) in [6.07, 6.45) is 1.56. The Kier molecular flexibility index (Phi) is 8.20. The lowest BCUT2D eigenvalue weighted by atomic mass is 10.2. The van der Waals surface area contributed by atoms with Gasteiger partial charge in [0.1, 0.15) is 6.04 Å². The van der Waals surface area contributed by atoms with Crippen molar-refractivity contribution in [3.63, 3.8) is 0 Å². The summed E-state index contributed by atoms with van der Waals surface area (Å²) < 4.78 is 0. The highest BCUT2D eigenvalue weighted by Crippen LogP contribution is 2.00.